The van der Waals surface area contributed by atoms with E-state index in [1.54, 1.807) is 4.68 Å². The number of ketones is 1. The van der Waals surface area contributed by atoms with E-state index in [0.717, 1.165) is 12.2 Å². The summed E-state index contributed by atoms with van der Waals surface area (Å²) in [4.78, 5) is 15.8. The zero-order valence-corrected chi connectivity index (χ0v) is 10.2. The Labute approximate surface area is 96.0 Å². The minimum absolute atomic E-state index is 0.0390. The molecule has 1 atom stereocenters. The quantitative estimate of drug-likeness (QED) is 0.785. The molecule has 0 saturated carbocycles. The number of aromatic nitrogens is 3. The molecule has 0 saturated heterocycles. The van der Waals surface area contributed by atoms with Gasteiger partial charge in [-0.1, -0.05) is 6.92 Å². The minimum Gasteiger partial charge on any atom is -0.327 e. The lowest BCUT2D eigenvalue weighted by Gasteiger charge is -2.10. The van der Waals surface area contributed by atoms with Crippen molar-refractivity contribution in [2.75, 3.05) is 0 Å². The summed E-state index contributed by atoms with van der Waals surface area (Å²) in [5.74, 6) is 0.854. The molecule has 0 fully saturated rings. The smallest absolute Gasteiger partial charge is 0.142 e. The van der Waals surface area contributed by atoms with Crippen molar-refractivity contribution < 1.29 is 4.79 Å². The number of carbonyl (C=O) groups is 1. The Morgan fingerprint density at radius 3 is 2.81 bits per heavy atom. The van der Waals surface area contributed by atoms with Gasteiger partial charge < -0.3 is 5.73 Å². The Hall–Kier alpha value is -1.23. The molecule has 0 spiro atoms. The first-order valence-electron chi connectivity index (χ1n) is 5.70. The molecule has 0 aliphatic heterocycles. The van der Waals surface area contributed by atoms with Crippen molar-refractivity contribution in [1.82, 2.24) is 14.8 Å². The third-order valence-electron chi connectivity index (χ3n) is 2.51. The van der Waals surface area contributed by atoms with Crippen molar-refractivity contribution >= 4 is 5.78 Å². The van der Waals surface area contributed by atoms with Crippen LogP contribution in [0.3, 0.4) is 0 Å². The van der Waals surface area contributed by atoms with Gasteiger partial charge in [0.2, 0.25) is 0 Å². The second kappa shape index (κ2) is 5.75. The maximum atomic E-state index is 11.7. The Bertz CT molecular complexity index is 346. The van der Waals surface area contributed by atoms with Gasteiger partial charge in [-0.2, -0.15) is 5.10 Å². The molecular formula is C11H20N4O. The molecule has 2 N–H and O–H groups in total. The van der Waals surface area contributed by atoms with Crippen LogP contribution in [-0.2, 0) is 11.2 Å². The normalized spacial score (nSPS) is 13.1. The third kappa shape index (κ3) is 3.41. The fourth-order valence-electron chi connectivity index (χ4n) is 1.52. The molecular weight excluding hydrogens is 204 g/mol. The first kappa shape index (κ1) is 12.8. The summed E-state index contributed by atoms with van der Waals surface area (Å²) >= 11 is 0. The van der Waals surface area contributed by atoms with Gasteiger partial charge in [-0.15, -0.1) is 0 Å². The zero-order chi connectivity index (χ0) is 12.1. The Balaban J connectivity index is 2.59. The second-order valence-electron chi connectivity index (χ2n) is 4.30. The highest BCUT2D eigenvalue weighted by Gasteiger charge is 2.14. The summed E-state index contributed by atoms with van der Waals surface area (Å²) < 4.78 is 1.77. The fourth-order valence-corrected chi connectivity index (χ4v) is 1.52. The minimum atomic E-state index is -0.0390. The summed E-state index contributed by atoms with van der Waals surface area (Å²) in [5, 5.41) is 4.09. The highest BCUT2D eigenvalue weighted by molar-refractivity contribution is 5.80. The van der Waals surface area contributed by atoms with E-state index in [4.69, 9.17) is 5.73 Å². The van der Waals surface area contributed by atoms with E-state index in [2.05, 4.69) is 10.1 Å². The standard InChI is InChI=1S/C11H20N4O/c1-4-9(12)5-10(16)6-11-13-7-14-15(11)8(2)3/h7-9H,4-6,12H2,1-3H3. The monoisotopic (exact) mass is 224 g/mol. The van der Waals surface area contributed by atoms with Crippen molar-refractivity contribution in [3.63, 3.8) is 0 Å². The van der Waals surface area contributed by atoms with Gasteiger partial charge in [-0.05, 0) is 20.3 Å². The summed E-state index contributed by atoms with van der Waals surface area (Å²) in [6.45, 7) is 6.01. The lowest BCUT2D eigenvalue weighted by molar-refractivity contribution is -0.118. The number of nitrogens with zero attached hydrogens (tertiary/aromatic N) is 3. The lowest BCUT2D eigenvalue weighted by atomic mass is 10.1. The van der Waals surface area contributed by atoms with Gasteiger partial charge in [-0.25, -0.2) is 9.67 Å². The molecule has 90 valence electrons. The van der Waals surface area contributed by atoms with Gasteiger partial charge in [0, 0.05) is 18.5 Å². The van der Waals surface area contributed by atoms with E-state index in [9.17, 15) is 4.79 Å². The third-order valence-corrected chi connectivity index (χ3v) is 2.51. The van der Waals surface area contributed by atoms with Crippen LogP contribution in [0.4, 0.5) is 0 Å². The van der Waals surface area contributed by atoms with E-state index >= 15 is 0 Å². The Morgan fingerprint density at radius 1 is 1.56 bits per heavy atom. The number of Topliss-reactive ketones (excluding diaryl/α,β-unsaturated/α-hetero) is 1. The molecule has 1 unspecified atom stereocenters. The number of hydrogen-bond donors (Lipinski definition) is 1. The SMILES string of the molecule is CCC(N)CC(=O)Cc1ncnn1C(C)C. The van der Waals surface area contributed by atoms with Gasteiger partial charge in [-0.3, -0.25) is 4.79 Å². The van der Waals surface area contributed by atoms with E-state index in [0.29, 0.717) is 12.8 Å². The summed E-state index contributed by atoms with van der Waals surface area (Å²) in [7, 11) is 0. The first-order chi connectivity index (χ1) is 7.54. The van der Waals surface area contributed by atoms with Crippen molar-refractivity contribution in [1.29, 1.82) is 0 Å². The van der Waals surface area contributed by atoms with Crippen molar-refractivity contribution in [2.45, 2.75) is 52.1 Å². The summed E-state index contributed by atoms with van der Waals surface area (Å²) in [6.07, 6.45) is 3.05. The van der Waals surface area contributed by atoms with Gasteiger partial charge in [0.25, 0.3) is 0 Å². The van der Waals surface area contributed by atoms with E-state index in [1.807, 2.05) is 20.8 Å². The average Bonchev–Trinajstić information content (AvgIpc) is 2.65. The predicted octanol–water partition coefficient (Wildman–Crippen LogP) is 1.10. The van der Waals surface area contributed by atoms with Gasteiger partial charge in [0.05, 0.1) is 6.42 Å². The van der Waals surface area contributed by atoms with Crippen LogP contribution >= 0.6 is 0 Å². The maximum absolute atomic E-state index is 11.7. The van der Waals surface area contributed by atoms with Crippen LogP contribution in [-0.4, -0.2) is 26.6 Å². The van der Waals surface area contributed by atoms with Crippen molar-refractivity contribution in [2.24, 2.45) is 5.73 Å². The number of carbonyl (C=O) groups excluding carboxylic acids is 1. The number of hydrogen-bond acceptors (Lipinski definition) is 4. The molecule has 1 aromatic rings. The van der Waals surface area contributed by atoms with Gasteiger partial charge in [0.15, 0.2) is 0 Å². The highest BCUT2D eigenvalue weighted by Crippen LogP contribution is 2.07. The zero-order valence-electron chi connectivity index (χ0n) is 10.2. The molecule has 0 amide bonds. The van der Waals surface area contributed by atoms with Crippen molar-refractivity contribution in [3.8, 4) is 0 Å². The molecule has 1 rings (SSSR count). The molecule has 16 heavy (non-hydrogen) atoms. The Morgan fingerprint density at radius 2 is 2.25 bits per heavy atom. The molecule has 1 aromatic heterocycles. The fraction of sp³-hybridized carbons (Fsp3) is 0.727. The molecule has 0 aliphatic carbocycles. The molecule has 0 aromatic carbocycles. The van der Waals surface area contributed by atoms with Crippen LogP contribution in [0.2, 0.25) is 0 Å². The molecule has 0 radical (unpaired) electrons. The van der Waals surface area contributed by atoms with Gasteiger partial charge in [0.1, 0.15) is 17.9 Å². The highest BCUT2D eigenvalue weighted by atomic mass is 16.1. The molecule has 5 heteroatoms. The average molecular weight is 224 g/mol. The van der Waals surface area contributed by atoms with Crippen LogP contribution < -0.4 is 5.73 Å². The molecule has 1 heterocycles. The topological polar surface area (TPSA) is 73.8 Å². The number of rotatable bonds is 6. The molecule has 5 nitrogen and oxygen atoms in total. The van der Waals surface area contributed by atoms with Gasteiger partial charge >= 0.3 is 0 Å². The van der Waals surface area contributed by atoms with Crippen LogP contribution in [0.15, 0.2) is 6.33 Å². The van der Waals surface area contributed by atoms with E-state index < -0.39 is 0 Å². The predicted molar refractivity (Wildman–Crippen MR) is 62.0 cm³/mol. The summed E-state index contributed by atoms with van der Waals surface area (Å²) in [6, 6.07) is 0.188. The van der Waals surface area contributed by atoms with Crippen LogP contribution in [0.5, 0.6) is 0 Å². The summed E-state index contributed by atoms with van der Waals surface area (Å²) in [5.41, 5.74) is 5.74. The second-order valence-corrected chi connectivity index (χ2v) is 4.30. The Kier molecular flexibility index (Phi) is 4.61. The lowest BCUT2D eigenvalue weighted by Crippen LogP contribution is -2.24. The first-order valence-corrected chi connectivity index (χ1v) is 5.70. The van der Waals surface area contributed by atoms with E-state index in [1.165, 1.54) is 6.33 Å². The number of nitrogens with two attached hydrogens (primary N) is 1. The van der Waals surface area contributed by atoms with Crippen LogP contribution in [0, 0.1) is 0 Å². The molecule has 0 bridgehead atoms. The van der Waals surface area contributed by atoms with Crippen molar-refractivity contribution in [3.05, 3.63) is 12.2 Å². The largest absolute Gasteiger partial charge is 0.327 e. The van der Waals surface area contributed by atoms with Crippen LogP contribution in [0.25, 0.3) is 0 Å². The van der Waals surface area contributed by atoms with E-state index in [-0.39, 0.29) is 17.9 Å². The van der Waals surface area contributed by atoms with Crippen LogP contribution in [0.1, 0.15) is 45.5 Å². The molecule has 0 aliphatic rings. The maximum Gasteiger partial charge on any atom is 0.142 e.